The molecule has 1 aromatic carbocycles. The van der Waals surface area contributed by atoms with Gasteiger partial charge in [0, 0.05) is 18.0 Å². The second-order valence-corrected chi connectivity index (χ2v) is 4.36. The van der Waals surface area contributed by atoms with Gasteiger partial charge < -0.3 is 20.2 Å². The Hall–Kier alpha value is -2.80. The molecule has 0 atom stereocenters. The molecule has 1 aliphatic heterocycles. The van der Waals surface area contributed by atoms with E-state index in [1.165, 1.54) is 0 Å². The van der Waals surface area contributed by atoms with E-state index in [1.54, 1.807) is 36.5 Å². The molecule has 0 saturated heterocycles. The van der Waals surface area contributed by atoms with Gasteiger partial charge in [-0.2, -0.15) is 0 Å². The molecule has 0 fully saturated rings. The molecule has 0 bridgehead atoms. The summed E-state index contributed by atoms with van der Waals surface area (Å²) in [6.07, 6.45) is 1.55. The number of nitrogens with two attached hydrogens (primary N) is 1. The minimum Gasteiger partial charge on any atom is -0.486 e. The largest absolute Gasteiger partial charge is 0.486 e. The number of fused-ring (bicyclic) bond motifs is 1. The first-order chi connectivity index (χ1) is 10.3. The van der Waals surface area contributed by atoms with Gasteiger partial charge in [0.05, 0.1) is 5.56 Å². The van der Waals surface area contributed by atoms with Gasteiger partial charge in [-0.15, -0.1) is 0 Å². The van der Waals surface area contributed by atoms with Gasteiger partial charge >= 0.3 is 0 Å². The summed E-state index contributed by atoms with van der Waals surface area (Å²) >= 11 is 0. The molecule has 1 amide bonds. The molecule has 0 unspecified atom stereocenters. The molecule has 0 aliphatic carbocycles. The number of rotatable bonds is 3. The Balaban J connectivity index is 1.81. The molecule has 4 N–H and O–H groups in total. The second kappa shape index (κ2) is 5.68. The highest BCUT2D eigenvalue weighted by molar-refractivity contribution is 6.07. The summed E-state index contributed by atoms with van der Waals surface area (Å²) in [6.45, 7) is 1.02. The number of amides is 1. The Morgan fingerprint density at radius 3 is 2.81 bits per heavy atom. The monoisotopic (exact) mass is 286 g/mol. The van der Waals surface area contributed by atoms with Crippen molar-refractivity contribution in [1.82, 2.24) is 4.98 Å². The Kier molecular flexibility index (Phi) is 3.57. The SMILES string of the molecule is NNc1ncccc1C(=O)Nc1ccc2c(c1)OCCO2. The third-order valence-corrected chi connectivity index (χ3v) is 2.99. The maximum absolute atomic E-state index is 12.2. The minimum atomic E-state index is -0.312. The van der Waals surface area contributed by atoms with Crippen LogP contribution in [-0.2, 0) is 0 Å². The molecule has 1 aliphatic rings. The van der Waals surface area contributed by atoms with Crippen LogP contribution in [0.25, 0.3) is 0 Å². The lowest BCUT2D eigenvalue weighted by atomic mass is 10.2. The van der Waals surface area contributed by atoms with Crippen molar-refractivity contribution in [3.63, 3.8) is 0 Å². The average molecular weight is 286 g/mol. The molecule has 7 nitrogen and oxygen atoms in total. The number of carbonyl (C=O) groups is 1. The molecule has 7 heteroatoms. The van der Waals surface area contributed by atoms with Gasteiger partial charge in [0.15, 0.2) is 17.3 Å². The van der Waals surface area contributed by atoms with Crippen LogP contribution in [0.3, 0.4) is 0 Å². The van der Waals surface area contributed by atoms with E-state index >= 15 is 0 Å². The maximum Gasteiger partial charge on any atom is 0.259 e. The van der Waals surface area contributed by atoms with Crippen molar-refractivity contribution in [3.05, 3.63) is 42.1 Å². The highest BCUT2D eigenvalue weighted by Crippen LogP contribution is 2.32. The van der Waals surface area contributed by atoms with Crippen molar-refractivity contribution >= 4 is 17.4 Å². The number of nitrogen functional groups attached to an aromatic ring is 1. The average Bonchev–Trinajstić information content (AvgIpc) is 2.54. The first kappa shape index (κ1) is 13.2. The summed E-state index contributed by atoms with van der Waals surface area (Å²) in [7, 11) is 0. The molecule has 0 radical (unpaired) electrons. The van der Waals surface area contributed by atoms with E-state index in [9.17, 15) is 4.79 Å². The van der Waals surface area contributed by atoms with E-state index in [4.69, 9.17) is 15.3 Å². The Morgan fingerprint density at radius 2 is 2.00 bits per heavy atom. The third-order valence-electron chi connectivity index (χ3n) is 2.99. The van der Waals surface area contributed by atoms with Crippen molar-refractivity contribution < 1.29 is 14.3 Å². The number of hydrogen-bond donors (Lipinski definition) is 3. The van der Waals surface area contributed by atoms with E-state index in [0.717, 1.165) is 0 Å². The zero-order chi connectivity index (χ0) is 14.7. The van der Waals surface area contributed by atoms with Crippen molar-refractivity contribution in [2.75, 3.05) is 24.0 Å². The molecule has 21 heavy (non-hydrogen) atoms. The van der Waals surface area contributed by atoms with Crippen molar-refractivity contribution in [3.8, 4) is 11.5 Å². The normalized spacial score (nSPS) is 12.6. The number of nitrogens with zero attached hydrogens (tertiary/aromatic N) is 1. The number of carbonyl (C=O) groups excluding carboxylic acids is 1. The van der Waals surface area contributed by atoms with Crippen LogP contribution in [0.1, 0.15) is 10.4 Å². The zero-order valence-electron chi connectivity index (χ0n) is 11.1. The molecular formula is C14H14N4O3. The fourth-order valence-corrected chi connectivity index (χ4v) is 2.02. The molecule has 2 heterocycles. The highest BCUT2D eigenvalue weighted by atomic mass is 16.6. The summed E-state index contributed by atoms with van der Waals surface area (Å²) in [5, 5.41) is 2.77. The molecule has 108 valence electrons. The molecule has 1 aromatic heterocycles. The number of hydrazine groups is 1. The first-order valence-electron chi connectivity index (χ1n) is 6.40. The summed E-state index contributed by atoms with van der Waals surface area (Å²) in [5.74, 6) is 6.63. The van der Waals surface area contributed by atoms with E-state index < -0.39 is 0 Å². The van der Waals surface area contributed by atoms with Crippen LogP contribution in [0.4, 0.5) is 11.5 Å². The van der Waals surface area contributed by atoms with Gasteiger partial charge in [-0.1, -0.05) is 0 Å². The van der Waals surface area contributed by atoms with E-state index in [-0.39, 0.29) is 5.91 Å². The van der Waals surface area contributed by atoms with Crippen LogP contribution in [0.15, 0.2) is 36.5 Å². The van der Waals surface area contributed by atoms with Crippen LogP contribution in [0.2, 0.25) is 0 Å². The zero-order valence-corrected chi connectivity index (χ0v) is 11.1. The maximum atomic E-state index is 12.2. The fraction of sp³-hybridized carbons (Fsp3) is 0.143. The fourth-order valence-electron chi connectivity index (χ4n) is 2.02. The number of hydrogen-bond acceptors (Lipinski definition) is 6. The van der Waals surface area contributed by atoms with Crippen molar-refractivity contribution in [2.24, 2.45) is 5.84 Å². The lowest BCUT2D eigenvalue weighted by Gasteiger charge is -2.19. The topological polar surface area (TPSA) is 98.5 Å². The lowest BCUT2D eigenvalue weighted by Crippen LogP contribution is -2.19. The molecule has 2 aromatic rings. The summed E-state index contributed by atoms with van der Waals surface area (Å²) in [4.78, 5) is 16.2. The number of anilines is 2. The van der Waals surface area contributed by atoms with Crippen LogP contribution in [0, 0.1) is 0 Å². The Bertz CT molecular complexity index is 675. The number of ether oxygens (including phenoxy) is 2. The number of aromatic nitrogens is 1. The van der Waals surface area contributed by atoms with Crippen LogP contribution in [0.5, 0.6) is 11.5 Å². The Morgan fingerprint density at radius 1 is 1.19 bits per heavy atom. The predicted molar refractivity (Wildman–Crippen MR) is 77.4 cm³/mol. The second-order valence-electron chi connectivity index (χ2n) is 4.36. The van der Waals surface area contributed by atoms with E-state index in [1.807, 2.05) is 0 Å². The molecular weight excluding hydrogens is 272 g/mol. The standard InChI is InChI=1S/C14H14N4O3/c15-18-13-10(2-1-5-16-13)14(19)17-9-3-4-11-12(8-9)21-7-6-20-11/h1-5,8H,6-7,15H2,(H,16,18)(H,17,19). The van der Waals surface area contributed by atoms with Gasteiger partial charge in [-0.3, -0.25) is 4.79 Å². The summed E-state index contributed by atoms with van der Waals surface area (Å²) in [5.41, 5.74) is 3.36. The van der Waals surface area contributed by atoms with E-state index in [0.29, 0.717) is 41.8 Å². The number of nitrogens with one attached hydrogen (secondary N) is 2. The van der Waals surface area contributed by atoms with E-state index in [2.05, 4.69) is 15.7 Å². The van der Waals surface area contributed by atoms with Gasteiger partial charge in [0.1, 0.15) is 13.2 Å². The van der Waals surface area contributed by atoms with Crippen LogP contribution < -0.4 is 26.1 Å². The van der Waals surface area contributed by atoms with Crippen molar-refractivity contribution in [2.45, 2.75) is 0 Å². The molecule has 3 rings (SSSR count). The highest BCUT2D eigenvalue weighted by Gasteiger charge is 2.15. The number of benzene rings is 1. The van der Waals surface area contributed by atoms with Crippen LogP contribution in [-0.4, -0.2) is 24.1 Å². The molecule has 0 spiro atoms. The predicted octanol–water partition coefficient (Wildman–Crippen LogP) is 1.39. The van der Waals surface area contributed by atoms with Gasteiger partial charge in [-0.25, -0.2) is 10.8 Å². The van der Waals surface area contributed by atoms with Gasteiger partial charge in [-0.05, 0) is 24.3 Å². The Labute approximate surface area is 121 Å². The number of pyridine rings is 1. The van der Waals surface area contributed by atoms with Gasteiger partial charge in [0.25, 0.3) is 5.91 Å². The lowest BCUT2D eigenvalue weighted by molar-refractivity contribution is 0.102. The minimum absolute atomic E-state index is 0.312. The smallest absolute Gasteiger partial charge is 0.259 e. The van der Waals surface area contributed by atoms with Gasteiger partial charge in [0.2, 0.25) is 0 Å². The third kappa shape index (κ3) is 2.72. The summed E-state index contributed by atoms with van der Waals surface area (Å²) in [6, 6.07) is 8.53. The summed E-state index contributed by atoms with van der Waals surface area (Å²) < 4.78 is 10.9. The van der Waals surface area contributed by atoms with Crippen LogP contribution >= 0.6 is 0 Å². The quantitative estimate of drug-likeness (QED) is 0.582. The van der Waals surface area contributed by atoms with Crippen molar-refractivity contribution in [1.29, 1.82) is 0 Å². The molecule has 0 saturated carbocycles. The first-order valence-corrected chi connectivity index (χ1v) is 6.40.